The molecule has 0 saturated heterocycles. The van der Waals surface area contributed by atoms with Crippen LogP contribution in [0.1, 0.15) is 32.3 Å². The lowest BCUT2D eigenvalue weighted by Crippen LogP contribution is -2.52. The highest BCUT2D eigenvalue weighted by Gasteiger charge is 2.57. The summed E-state index contributed by atoms with van der Waals surface area (Å²) in [4.78, 5) is 17.8. The summed E-state index contributed by atoms with van der Waals surface area (Å²) in [5.74, 6) is 0.780. The van der Waals surface area contributed by atoms with Crippen LogP contribution in [0, 0.1) is 17.8 Å². The Kier molecular flexibility index (Phi) is 3.00. The van der Waals surface area contributed by atoms with E-state index in [1.165, 1.54) is 0 Å². The fraction of sp³-hybridized carbons (Fsp3) is 0.474. The van der Waals surface area contributed by atoms with Crippen molar-refractivity contribution in [3.63, 3.8) is 0 Å². The summed E-state index contributed by atoms with van der Waals surface area (Å²) in [6.07, 6.45) is 5.98. The van der Waals surface area contributed by atoms with Crippen molar-refractivity contribution >= 4 is 11.7 Å². The van der Waals surface area contributed by atoms with Crippen LogP contribution in [-0.2, 0) is 9.53 Å². The Morgan fingerprint density at radius 2 is 2.00 bits per heavy atom. The zero-order valence-electron chi connectivity index (χ0n) is 13.0. The summed E-state index contributed by atoms with van der Waals surface area (Å²) < 4.78 is 5.90. The van der Waals surface area contributed by atoms with Gasteiger partial charge in [0.05, 0.1) is 5.71 Å². The second-order valence-corrected chi connectivity index (χ2v) is 7.05. The molecule has 2 bridgehead atoms. The molecule has 3 nitrogen and oxygen atoms in total. The van der Waals surface area contributed by atoms with Crippen molar-refractivity contribution in [2.24, 2.45) is 22.7 Å². The van der Waals surface area contributed by atoms with Gasteiger partial charge >= 0.3 is 5.97 Å². The van der Waals surface area contributed by atoms with Gasteiger partial charge in [-0.2, -0.15) is 0 Å². The molecule has 22 heavy (non-hydrogen) atoms. The largest absolute Gasteiger partial charge is 0.454 e. The van der Waals surface area contributed by atoms with Crippen LogP contribution in [-0.4, -0.2) is 23.3 Å². The monoisotopic (exact) mass is 295 g/mol. The standard InChI is InChI=1S/C19H21NO2/c1-12(2)17-16(14-6-4-3-5-7-14)20-19(18(21)22-17)11-13-8-9-15(19)10-13/h3-9,12-13,15,17H,10-11H2,1-2H3/t13-,15+,17-,19-/m0/s1. The number of carbonyl (C=O) groups is 1. The minimum Gasteiger partial charge on any atom is -0.454 e. The van der Waals surface area contributed by atoms with Gasteiger partial charge in [-0.3, -0.25) is 4.99 Å². The average Bonchev–Trinajstić information content (AvgIpc) is 3.12. The molecule has 1 aromatic rings. The second kappa shape index (κ2) is 4.80. The maximum absolute atomic E-state index is 12.7. The van der Waals surface area contributed by atoms with Crippen molar-refractivity contribution in [3.8, 4) is 0 Å². The molecule has 0 radical (unpaired) electrons. The van der Waals surface area contributed by atoms with Gasteiger partial charge in [-0.05, 0) is 30.2 Å². The number of allylic oxidation sites excluding steroid dienone is 1. The van der Waals surface area contributed by atoms with Crippen LogP contribution in [0.4, 0.5) is 0 Å². The molecule has 3 aliphatic rings. The maximum atomic E-state index is 12.7. The van der Waals surface area contributed by atoms with Crippen LogP contribution in [0.15, 0.2) is 47.5 Å². The smallest absolute Gasteiger partial charge is 0.335 e. The van der Waals surface area contributed by atoms with Gasteiger partial charge in [0.15, 0.2) is 5.54 Å². The number of benzene rings is 1. The van der Waals surface area contributed by atoms with E-state index in [0.717, 1.165) is 24.1 Å². The SMILES string of the molecule is CC(C)[C@@H]1OC(=O)[C@@]2(C[C@H]3C=C[C@@H]2C3)N=C1c1ccccc1. The highest BCUT2D eigenvalue weighted by Crippen LogP contribution is 2.51. The van der Waals surface area contributed by atoms with E-state index < -0.39 is 5.54 Å². The number of aliphatic imine (C=N–C) groups is 1. The molecule has 0 aromatic heterocycles. The molecule has 1 aliphatic heterocycles. The molecule has 3 heteroatoms. The van der Waals surface area contributed by atoms with Crippen LogP contribution in [0.2, 0.25) is 0 Å². The predicted molar refractivity (Wildman–Crippen MR) is 85.8 cm³/mol. The highest BCUT2D eigenvalue weighted by molar-refractivity contribution is 6.08. The summed E-state index contributed by atoms with van der Waals surface area (Å²) in [5, 5.41) is 0. The molecule has 0 amide bonds. The van der Waals surface area contributed by atoms with Crippen LogP contribution in [0.25, 0.3) is 0 Å². The number of ether oxygens (including phenoxy) is 1. The third-order valence-corrected chi connectivity index (χ3v) is 5.21. The molecule has 1 aromatic carbocycles. The van der Waals surface area contributed by atoms with Crippen molar-refractivity contribution < 1.29 is 9.53 Å². The maximum Gasteiger partial charge on any atom is 0.335 e. The first-order valence-electron chi connectivity index (χ1n) is 8.15. The van der Waals surface area contributed by atoms with E-state index in [2.05, 4.69) is 38.1 Å². The van der Waals surface area contributed by atoms with Gasteiger partial charge in [0.1, 0.15) is 6.10 Å². The number of rotatable bonds is 2. The van der Waals surface area contributed by atoms with Gasteiger partial charge in [-0.25, -0.2) is 4.79 Å². The summed E-state index contributed by atoms with van der Waals surface area (Å²) >= 11 is 0. The Balaban J connectivity index is 1.84. The molecule has 1 heterocycles. The zero-order valence-corrected chi connectivity index (χ0v) is 13.0. The minimum absolute atomic E-state index is 0.122. The van der Waals surface area contributed by atoms with Gasteiger partial charge in [0.2, 0.25) is 0 Å². The van der Waals surface area contributed by atoms with E-state index in [1.54, 1.807) is 0 Å². The number of nitrogens with zero attached hydrogens (tertiary/aromatic N) is 1. The number of esters is 1. The number of hydrogen-bond donors (Lipinski definition) is 0. The van der Waals surface area contributed by atoms with Gasteiger partial charge < -0.3 is 4.74 Å². The molecule has 2 aliphatic carbocycles. The van der Waals surface area contributed by atoms with Crippen molar-refractivity contribution in [2.45, 2.75) is 38.3 Å². The normalized spacial score (nSPS) is 36.0. The van der Waals surface area contributed by atoms with Crippen LogP contribution in [0.3, 0.4) is 0 Å². The zero-order chi connectivity index (χ0) is 15.3. The topological polar surface area (TPSA) is 38.7 Å². The Hall–Kier alpha value is -1.90. The molecule has 1 spiro atoms. The van der Waals surface area contributed by atoms with Crippen LogP contribution >= 0.6 is 0 Å². The van der Waals surface area contributed by atoms with E-state index >= 15 is 0 Å². The van der Waals surface area contributed by atoms with Gasteiger partial charge in [0.25, 0.3) is 0 Å². The fourth-order valence-electron chi connectivity index (χ4n) is 4.08. The molecular formula is C19H21NO2. The van der Waals surface area contributed by atoms with Gasteiger partial charge in [-0.15, -0.1) is 0 Å². The van der Waals surface area contributed by atoms with Crippen molar-refractivity contribution in [1.82, 2.24) is 0 Å². The number of fused-ring (bicyclic) bond motifs is 3. The van der Waals surface area contributed by atoms with E-state index in [0.29, 0.717) is 5.92 Å². The van der Waals surface area contributed by atoms with E-state index in [9.17, 15) is 4.79 Å². The lowest BCUT2D eigenvalue weighted by atomic mass is 9.82. The van der Waals surface area contributed by atoms with Crippen molar-refractivity contribution in [1.29, 1.82) is 0 Å². The van der Waals surface area contributed by atoms with Crippen molar-refractivity contribution in [3.05, 3.63) is 48.0 Å². The van der Waals surface area contributed by atoms with E-state index in [4.69, 9.17) is 9.73 Å². The first-order valence-corrected chi connectivity index (χ1v) is 8.15. The molecule has 114 valence electrons. The molecule has 1 fully saturated rings. The van der Waals surface area contributed by atoms with E-state index in [-0.39, 0.29) is 23.9 Å². The Morgan fingerprint density at radius 1 is 1.23 bits per heavy atom. The number of cyclic esters (lactones) is 1. The third-order valence-electron chi connectivity index (χ3n) is 5.21. The average molecular weight is 295 g/mol. The summed E-state index contributed by atoms with van der Waals surface area (Å²) in [6.45, 7) is 4.16. The lowest BCUT2D eigenvalue weighted by molar-refractivity contribution is -0.157. The molecule has 1 saturated carbocycles. The van der Waals surface area contributed by atoms with Gasteiger partial charge in [0, 0.05) is 5.92 Å². The molecule has 0 unspecified atom stereocenters. The first kappa shape index (κ1) is 13.7. The Bertz CT molecular complexity index is 661. The van der Waals surface area contributed by atoms with Crippen LogP contribution < -0.4 is 0 Å². The van der Waals surface area contributed by atoms with Crippen molar-refractivity contribution in [2.75, 3.05) is 0 Å². The summed E-state index contributed by atoms with van der Waals surface area (Å²) in [6, 6.07) is 10.1. The lowest BCUT2D eigenvalue weighted by Gasteiger charge is -2.38. The summed E-state index contributed by atoms with van der Waals surface area (Å²) in [7, 11) is 0. The Labute approximate surface area is 131 Å². The first-order chi connectivity index (χ1) is 10.6. The second-order valence-electron chi connectivity index (χ2n) is 7.05. The van der Waals surface area contributed by atoms with E-state index in [1.807, 2.05) is 18.2 Å². The minimum atomic E-state index is -0.671. The summed E-state index contributed by atoms with van der Waals surface area (Å²) in [5.41, 5.74) is 1.34. The fourth-order valence-corrected chi connectivity index (χ4v) is 4.08. The Morgan fingerprint density at radius 3 is 2.59 bits per heavy atom. The molecule has 0 N–H and O–H groups in total. The van der Waals surface area contributed by atoms with Crippen LogP contribution in [0.5, 0.6) is 0 Å². The number of hydrogen-bond acceptors (Lipinski definition) is 3. The highest BCUT2D eigenvalue weighted by atomic mass is 16.5. The quantitative estimate of drug-likeness (QED) is 0.619. The third kappa shape index (κ3) is 1.88. The molecule has 4 rings (SSSR count). The number of carbonyl (C=O) groups excluding carboxylic acids is 1. The van der Waals surface area contributed by atoms with Gasteiger partial charge in [-0.1, -0.05) is 56.3 Å². The predicted octanol–water partition coefficient (Wildman–Crippen LogP) is 3.39. The molecule has 4 atom stereocenters. The molecular weight excluding hydrogens is 274 g/mol.